The minimum Gasteiger partial charge on any atom is -0.487 e. The van der Waals surface area contributed by atoms with Crippen LogP contribution in [0.25, 0.3) is 0 Å². The molecule has 206 valence electrons. The summed E-state index contributed by atoms with van der Waals surface area (Å²) in [6.07, 6.45) is -5.36. The largest absolute Gasteiger partial charge is 0.487 e. The number of carbonyl (C=O) groups excluding carboxylic acids is 2. The van der Waals surface area contributed by atoms with Crippen molar-refractivity contribution >= 4 is 17.5 Å². The van der Waals surface area contributed by atoms with E-state index in [0.717, 1.165) is 25.1 Å². The number of alkyl halides is 3. The van der Waals surface area contributed by atoms with Crippen LogP contribution in [0.1, 0.15) is 48.7 Å². The quantitative estimate of drug-likeness (QED) is 0.531. The van der Waals surface area contributed by atoms with Crippen molar-refractivity contribution < 1.29 is 45.8 Å². The van der Waals surface area contributed by atoms with Crippen LogP contribution in [-0.4, -0.2) is 54.0 Å². The molecule has 2 aromatic rings. The molecular formula is C25H26F5N3O5. The molecule has 0 unspecified atom stereocenters. The van der Waals surface area contributed by atoms with Gasteiger partial charge in [0.15, 0.2) is 17.2 Å². The Labute approximate surface area is 214 Å². The third-order valence-corrected chi connectivity index (χ3v) is 7.10. The fourth-order valence-corrected chi connectivity index (χ4v) is 4.77. The molecule has 4 rings (SSSR count). The molecule has 0 aliphatic carbocycles. The molecule has 8 nitrogen and oxygen atoms in total. The summed E-state index contributed by atoms with van der Waals surface area (Å²) in [6.45, 7) is 2.66. The maximum atomic E-state index is 15.1. The number of primary amides is 1. The summed E-state index contributed by atoms with van der Waals surface area (Å²) < 4.78 is 88.4. The first-order valence-corrected chi connectivity index (χ1v) is 11.9. The third-order valence-electron chi connectivity index (χ3n) is 7.10. The molecule has 1 aromatic heterocycles. The molecule has 2 saturated heterocycles. The molecule has 13 heteroatoms. The highest BCUT2D eigenvalue weighted by molar-refractivity contribution is 5.97. The highest BCUT2D eigenvalue weighted by atomic mass is 19.4. The van der Waals surface area contributed by atoms with Crippen LogP contribution in [0.3, 0.4) is 0 Å². The molecule has 0 spiro atoms. The molecule has 0 saturated carbocycles. The molecule has 2 amide bonds. The average molecular weight is 543 g/mol. The van der Waals surface area contributed by atoms with Crippen molar-refractivity contribution in [2.75, 3.05) is 18.5 Å². The predicted molar refractivity (Wildman–Crippen MR) is 123 cm³/mol. The van der Waals surface area contributed by atoms with Crippen LogP contribution in [0, 0.1) is 17.6 Å². The number of hydrogen-bond donors (Lipinski definition) is 2. The van der Waals surface area contributed by atoms with E-state index in [-0.39, 0.29) is 16.9 Å². The van der Waals surface area contributed by atoms with Gasteiger partial charge in [0.1, 0.15) is 17.9 Å². The highest BCUT2D eigenvalue weighted by Gasteiger charge is 2.66. The van der Waals surface area contributed by atoms with Crippen molar-refractivity contribution in [1.29, 1.82) is 0 Å². The summed E-state index contributed by atoms with van der Waals surface area (Å²) in [5, 5.41) is 2.41. The highest BCUT2D eigenvalue weighted by Crippen LogP contribution is 2.55. The van der Waals surface area contributed by atoms with Gasteiger partial charge >= 0.3 is 6.18 Å². The van der Waals surface area contributed by atoms with E-state index in [1.165, 1.54) is 19.2 Å². The smallest absolute Gasteiger partial charge is 0.417 e. The van der Waals surface area contributed by atoms with Gasteiger partial charge in [-0.05, 0) is 25.1 Å². The van der Waals surface area contributed by atoms with Crippen LogP contribution in [-0.2, 0) is 14.3 Å². The molecule has 1 aromatic carbocycles. The van der Waals surface area contributed by atoms with Gasteiger partial charge in [-0.3, -0.25) is 14.6 Å². The second kappa shape index (κ2) is 10.4. The zero-order valence-electron chi connectivity index (χ0n) is 20.5. The Kier molecular flexibility index (Phi) is 7.62. The summed E-state index contributed by atoms with van der Waals surface area (Å²) in [6, 6.07) is 4.33. The summed E-state index contributed by atoms with van der Waals surface area (Å²) in [5.74, 6) is -7.88. The van der Waals surface area contributed by atoms with Crippen molar-refractivity contribution in [2.45, 2.75) is 56.6 Å². The second-order valence-corrected chi connectivity index (χ2v) is 9.45. The zero-order valence-corrected chi connectivity index (χ0v) is 20.5. The molecule has 38 heavy (non-hydrogen) atoms. The van der Waals surface area contributed by atoms with Crippen molar-refractivity contribution in [3.63, 3.8) is 0 Å². The standard InChI is InChI=1S/C25H26F5N3O5/c1-12-18(15-3-4-16(26)19(27)20(15)37-14-6-9-36-10-7-14)21(38-24(12,2)25(28,29)30)23(35)33-13-5-8-32-17(11-13)22(31)34/h3-5,8,11-12,14,18,21H,6-7,9-10H2,1-2H3,(H2,31,34)(H,32,33,35)/t12-,18-,21+,24+/m0/s1. The van der Waals surface area contributed by atoms with Crippen molar-refractivity contribution in [3.05, 3.63) is 53.4 Å². The molecule has 0 bridgehead atoms. The molecule has 3 heterocycles. The van der Waals surface area contributed by atoms with Crippen LogP contribution < -0.4 is 15.8 Å². The number of ether oxygens (including phenoxy) is 3. The fourth-order valence-electron chi connectivity index (χ4n) is 4.77. The zero-order chi connectivity index (χ0) is 27.8. The summed E-state index contributed by atoms with van der Waals surface area (Å²) >= 11 is 0. The number of carbonyl (C=O) groups is 2. The van der Waals surface area contributed by atoms with Crippen LogP contribution in [0.15, 0.2) is 30.5 Å². The van der Waals surface area contributed by atoms with Crippen molar-refractivity contribution in [1.82, 2.24) is 4.98 Å². The van der Waals surface area contributed by atoms with Gasteiger partial charge in [0.05, 0.1) is 13.2 Å². The monoisotopic (exact) mass is 543 g/mol. The lowest BCUT2D eigenvalue weighted by Gasteiger charge is -2.32. The van der Waals surface area contributed by atoms with E-state index in [9.17, 15) is 27.2 Å². The number of nitrogens with zero attached hydrogens (tertiary/aromatic N) is 1. The number of rotatable bonds is 6. The van der Waals surface area contributed by atoms with Crippen molar-refractivity contribution in [3.8, 4) is 5.75 Å². The minimum absolute atomic E-state index is 0.0263. The van der Waals surface area contributed by atoms with E-state index >= 15 is 4.39 Å². The number of halogens is 5. The Bertz CT molecular complexity index is 1220. The number of aromatic nitrogens is 1. The molecular weight excluding hydrogens is 517 g/mol. The van der Waals surface area contributed by atoms with Gasteiger partial charge in [-0.25, -0.2) is 4.39 Å². The van der Waals surface area contributed by atoms with Crippen LogP contribution >= 0.6 is 0 Å². The molecule has 2 fully saturated rings. The van der Waals surface area contributed by atoms with E-state index in [1.54, 1.807) is 0 Å². The van der Waals surface area contributed by atoms with Gasteiger partial charge in [0, 0.05) is 42.1 Å². The fraction of sp³-hybridized carbons (Fsp3) is 0.480. The van der Waals surface area contributed by atoms with E-state index in [0.29, 0.717) is 26.1 Å². The van der Waals surface area contributed by atoms with Crippen molar-refractivity contribution in [2.24, 2.45) is 11.7 Å². The normalized spacial score (nSPS) is 26.2. The van der Waals surface area contributed by atoms with Crippen LogP contribution in [0.2, 0.25) is 0 Å². The summed E-state index contributed by atoms with van der Waals surface area (Å²) in [7, 11) is 0. The second-order valence-electron chi connectivity index (χ2n) is 9.45. The SMILES string of the molecule is C[C@H]1[C@@H](c2ccc(F)c(F)c2OC2CCOCC2)[C@H](C(=O)Nc2ccnc(C(N)=O)c2)O[C@@]1(C)C(F)(F)F. The predicted octanol–water partition coefficient (Wildman–Crippen LogP) is 4.09. The molecule has 2 aliphatic rings. The van der Waals surface area contributed by atoms with Gasteiger partial charge < -0.3 is 25.3 Å². The van der Waals surface area contributed by atoms with Gasteiger partial charge in [-0.2, -0.15) is 17.6 Å². The average Bonchev–Trinajstić information content (AvgIpc) is 3.15. The number of hydrogen-bond acceptors (Lipinski definition) is 6. The Morgan fingerprint density at radius 1 is 1.18 bits per heavy atom. The number of pyridine rings is 1. The minimum atomic E-state index is -4.91. The van der Waals surface area contributed by atoms with E-state index in [2.05, 4.69) is 10.3 Å². The lowest BCUT2D eigenvalue weighted by Crippen LogP contribution is -2.47. The molecule has 4 atom stereocenters. The number of nitrogens with two attached hydrogens (primary N) is 1. The number of amides is 2. The van der Waals surface area contributed by atoms with Gasteiger partial charge in [0.25, 0.3) is 11.8 Å². The molecule has 0 radical (unpaired) electrons. The topological polar surface area (TPSA) is 113 Å². The van der Waals surface area contributed by atoms with Crippen LogP contribution in [0.4, 0.5) is 27.6 Å². The lowest BCUT2D eigenvalue weighted by atomic mass is 9.77. The Hall–Kier alpha value is -3.32. The number of nitrogens with one attached hydrogen (secondary N) is 1. The first-order valence-electron chi connectivity index (χ1n) is 11.9. The summed E-state index contributed by atoms with van der Waals surface area (Å²) in [4.78, 5) is 28.5. The Balaban J connectivity index is 1.76. The van der Waals surface area contributed by atoms with E-state index in [1.807, 2.05) is 0 Å². The van der Waals surface area contributed by atoms with Gasteiger partial charge in [-0.15, -0.1) is 0 Å². The first kappa shape index (κ1) is 27.7. The molecule has 2 aliphatic heterocycles. The van der Waals surface area contributed by atoms with E-state index in [4.69, 9.17) is 19.9 Å². The Morgan fingerprint density at radius 3 is 2.50 bits per heavy atom. The maximum Gasteiger partial charge on any atom is 0.417 e. The van der Waals surface area contributed by atoms with Crippen LogP contribution in [0.5, 0.6) is 5.75 Å². The van der Waals surface area contributed by atoms with Gasteiger partial charge in [-0.1, -0.05) is 13.0 Å². The third kappa shape index (κ3) is 5.17. The number of anilines is 1. The summed E-state index contributed by atoms with van der Waals surface area (Å²) in [5.41, 5.74) is 2.10. The molecule has 3 N–H and O–H groups in total. The Morgan fingerprint density at radius 2 is 1.87 bits per heavy atom. The lowest BCUT2D eigenvalue weighted by molar-refractivity contribution is -0.272. The number of benzene rings is 1. The van der Waals surface area contributed by atoms with Gasteiger partial charge in [0.2, 0.25) is 5.82 Å². The van der Waals surface area contributed by atoms with E-state index < -0.39 is 65.0 Å². The first-order chi connectivity index (χ1) is 17.8. The maximum absolute atomic E-state index is 15.1.